The van der Waals surface area contributed by atoms with E-state index in [9.17, 15) is 14.7 Å². The van der Waals surface area contributed by atoms with Crippen LogP contribution in [-0.2, 0) is 17.9 Å². The summed E-state index contributed by atoms with van der Waals surface area (Å²) in [5.41, 5.74) is 2.80. The Morgan fingerprint density at radius 2 is 1.51 bits per heavy atom. The molecule has 0 saturated heterocycles. The molecule has 1 amide bonds. The highest BCUT2D eigenvalue weighted by molar-refractivity contribution is 7.12. The minimum atomic E-state index is -0.708. The molecule has 5 nitrogen and oxygen atoms in total. The van der Waals surface area contributed by atoms with Crippen molar-refractivity contribution in [3.63, 3.8) is 0 Å². The molecule has 1 N–H and O–H groups in total. The number of nitrogens with zero attached hydrogens (tertiary/aromatic N) is 1. The number of aliphatic hydroxyl groups excluding tert-OH is 1. The highest BCUT2D eigenvalue weighted by atomic mass is 32.1. The van der Waals surface area contributed by atoms with Crippen molar-refractivity contribution in [3.05, 3.63) is 135 Å². The van der Waals surface area contributed by atoms with E-state index in [4.69, 9.17) is 4.74 Å². The summed E-state index contributed by atoms with van der Waals surface area (Å²) in [5.74, 6) is -0.705. The van der Waals surface area contributed by atoms with Gasteiger partial charge in [0, 0.05) is 6.54 Å². The zero-order valence-electron chi connectivity index (χ0n) is 18.8. The SMILES string of the molecule is O=C(C1=C(O)C(=O)N(Cc2ccccc2)[C@@H]1c1ccc(OCc2ccccc2)cc1)c1cccs1. The molecule has 1 aliphatic heterocycles. The first-order valence-corrected chi connectivity index (χ1v) is 12.1. The third-order valence-electron chi connectivity index (χ3n) is 5.93. The van der Waals surface area contributed by atoms with E-state index in [2.05, 4.69) is 0 Å². The highest BCUT2D eigenvalue weighted by Gasteiger charge is 2.43. The number of hydrogen-bond donors (Lipinski definition) is 1. The summed E-state index contributed by atoms with van der Waals surface area (Å²) in [6.45, 7) is 0.701. The second-order valence-electron chi connectivity index (χ2n) is 8.23. The topological polar surface area (TPSA) is 66.8 Å². The smallest absolute Gasteiger partial charge is 0.290 e. The molecular weight excluding hydrogens is 458 g/mol. The molecule has 0 fully saturated rings. The largest absolute Gasteiger partial charge is 0.503 e. The van der Waals surface area contributed by atoms with E-state index in [1.54, 1.807) is 22.4 Å². The Morgan fingerprint density at radius 3 is 2.14 bits per heavy atom. The van der Waals surface area contributed by atoms with Gasteiger partial charge in [-0.3, -0.25) is 9.59 Å². The molecule has 1 aromatic heterocycles. The van der Waals surface area contributed by atoms with E-state index in [-0.39, 0.29) is 17.9 Å². The van der Waals surface area contributed by atoms with Gasteiger partial charge in [-0.2, -0.15) is 0 Å². The molecule has 0 saturated carbocycles. The molecule has 4 aromatic rings. The number of hydrogen-bond acceptors (Lipinski definition) is 5. The zero-order chi connectivity index (χ0) is 24.2. The minimum absolute atomic E-state index is 0.103. The molecular formula is C29H23NO4S. The van der Waals surface area contributed by atoms with Gasteiger partial charge in [-0.1, -0.05) is 78.9 Å². The summed E-state index contributed by atoms with van der Waals surface area (Å²) in [4.78, 5) is 28.5. The molecule has 2 heterocycles. The molecule has 1 atom stereocenters. The number of benzene rings is 3. The maximum absolute atomic E-state index is 13.4. The van der Waals surface area contributed by atoms with Gasteiger partial charge in [0.1, 0.15) is 12.4 Å². The van der Waals surface area contributed by atoms with E-state index in [1.165, 1.54) is 11.3 Å². The Kier molecular flexibility index (Phi) is 6.46. The van der Waals surface area contributed by atoms with E-state index < -0.39 is 17.7 Å². The third-order valence-corrected chi connectivity index (χ3v) is 6.80. The van der Waals surface area contributed by atoms with Crippen molar-refractivity contribution < 1.29 is 19.4 Å². The molecule has 0 radical (unpaired) electrons. The summed E-state index contributed by atoms with van der Waals surface area (Å²) in [6.07, 6.45) is 0. The minimum Gasteiger partial charge on any atom is -0.503 e. The van der Waals surface area contributed by atoms with Crippen molar-refractivity contribution in [1.82, 2.24) is 4.90 Å². The summed E-state index contributed by atoms with van der Waals surface area (Å²) in [6, 6.07) is 29.5. The lowest BCUT2D eigenvalue weighted by atomic mass is 9.95. The number of aliphatic hydroxyl groups is 1. The van der Waals surface area contributed by atoms with Gasteiger partial charge >= 0.3 is 0 Å². The van der Waals surface area contributed by atoms with Gasteiger partial charge in [0.2, 0.25) is 5.78 Å². The molecule has 0 spiro atoms. The molecule has 0 bridgehead atoms. The number of ketones is 1. The molecule has 5 rings (SSSR count). The molecule has 1 aliphatic rings. The number of carbonyl (C=O) groups excluding carboxylic acids is 2. The van der Waals surface area contributed by atoms with Gasteiger partial charge in [0.15, 0.2) is 5.76 Å². The standard InChI is InChI=1S/C29H23NO4S/c31-27(24-12-7-17-35-24)25-26(30(29(33)28(25)32)18-20-8-3-1-4-9-20)22-13-15-23(16-14-22)34-19-21-10-5-2-6-11-21/h1-17,26,32H,18-19H2/t26-/m1/s1. The lowest BCUT2D eigenvalue weighted by molar-refractivity contribution is -0.130. The van der Waals surface area contributed by atoms with Crippen LogP contribution in [-0.4, -0.2) is 21.7 Å². The molecule has 35 heavy (non-hydrogen) atoms. The Balaban J connectivity index is 1.46. The van der Waals surface area contributed by atoms with Crippen molar-refractivity contribution in [2.24, 2.45) is 0 Å². The van der Waals surface area contributed by atoms with E-state index in [0.29, 0.717) is 17.2 Å². The average Bonchev–Trinajstić information content (AvgIpc) is 3.52. The van der Waals surface area contributed by atoms with Gasteiger partial charge in [0.25, 0.3) is 5.91 Å². The number of Topliss-reactive ketones (excluding diaryl/α,β-unsaturated/α-hetero) is 1. The molecule has 3 aromatic carbocycles. The van der Waals surface area contributed by atoms with Crippen LogP contribution in [0.4, 0.5) is 0 Å². The van der Waals surface area contributed by atoms with Gasteiger partial charge in [-0.15, -0.1) is 11.3 Å². The molecule has 0 aliphatic carbocycles. The van der Waals surface area contributed by atoms with Crippen molar-refractivity contribution in [2.45, 2.75) is 19.2 Å². The Bertz CT molecular complexity index is 1350. The highest BCUT2D eigenvalue weighted by Crippen LogP contribution is 2.40. The summed E-state index contributed by atoms with van der Waals surface area (Å²) in [7, 11) is 0. The van der Waals surface area contributed by atoms with Gasteiger partial charge in [-0.05, 0) is 40.3 Å². The zero-order valence-corrected chi connectivity index (χ0v) is 19.7. The lowest BCUT2D eigenvalue weighted by Gasteiger charge is -2.27. The Hall–Kier alpha value is -4.16. The van der Waals surface area contributed by atoms with Crippen LogP contribution in [0.25, 0.3) is 0 Å². The average molecular weight is 482 g/mol. The van der Waals surface area contributed by atoms with Crippen molar-refractivity contribution in [3.8, 4) is 5.75 Å². The second kappa shape index (κ2) is 9.99. The van der Waals surface area contributed by atoms with Crippen LogP contribution in [0.3, 0.4) is 0 Å². The Labute approximate surface area is 207 Å². The van der Waals surface area contributed by atoms with E-state index in [0.717, 1.165) is 16.7 Å². The van der Waals surface area contributed by atoms with Crippen molar-refractivity contribution in [2.75, 3.05) is 0 Å². The van der Waals surface area contributed by atoms with Crippen LogP contribution < -0.4 is 4.74 Å². The first-order chi connectivity index (χ1) is 17.1. The number of carbonyl (C=O) groups is 2. The van der Waals surface area contributed by atoms with Crippen LogP contribution in [0.15, 0.2) is 114 Å². The summed E-state index contributed by atoms with van der Waals surface area (Å²) >= 11 is 1.29. The summed E-state index contributed by atoms with van der Waals surface area (Å²) in [5, 5.41) is 12.6. The fourth-order valence-corrected chi connectivity index (χ4v) is 4.88. The lowest BCUT2D eigenvalue weighted by Crippen LogP contribution is -2.30. The number of rotatable bonds is 8. The fraction of sp³-hybridized carbons (Fsp3) is 0.103. The molecule has 6 heteroatoms. The van der Waals surface area contributed by atoms with E-state index in [1.807, 2.05) is 84.9 Å². The van der Waals surface area contributed by atoms with Crippen molar-refractivity contribution >= 4 is 23.0 Å². The predicted octanol–water partition coefficient (Wildman–Crippen LogP) is 6.11. The quantitative estimate of drug-likeness (QED) is 0.309. The summed E-state index contributed by atoms with van der Waals surface area (Å²) < 4.78 is 5.90. The van der Waals surface area contributed by atoms with Crippen LogP contribution in [0.5, 0.6) is 5.75 Å². The van der Waals surface area contributed by atoms with Crippen LogP contribution in [0, 0.1) is 0 Å². The normalized spacial score (nSPS) is 15.5. The number of ether oxygens (including phenoxy) is 1. The van der Waals surface area contributed by atoms with Gasteiger partial charge in [-0.25, -0.2) is 0 Å². The molecule has 174 valence electrons. The fourth-order valence-electron chi connectivity index (χ4n) is 4.20. The monoisotopic (exact) mass is 481 g/mol. The van der Waals surface area contributed by atoms with Crippen molar-refractivity contribution in [1.29, 1.82) is 0 Å². The second-order valence-corrected chi connectivity index (χ2v) is 9.18. The van der Waals surface area contributed by atoms with Crippen LogP contribution in [0.1, 0.15) is 32.4 Å². The predicted molar refractivity (Wildman–Crippen MR) is 135 cm³/mol. The number of thiophene rings is 1. The molecule has 0 unspecified atom stereocenters. The maximum Gasteiger partial charge on any atom is 0.290 e. The van der Waals surface area contributed by atoms with Gasteiger partial charge in [0.05, 0.1) is 16.5 Å². The first-order valence-electron chi connectivity index (χ1n) is 11.2. The van der Waals surface area contributed by atoms with Gasteiger partial charge < -0.3 is 14.7 Å². The maximum atomic E-state index is 13.4. The first kappa shape index (κ1) is 22.6. The third kappa shape index (κ3) is 4.74. The Morgan fingerprint density at radius 1 is 0.857 bits per heavy atom. The number of amides is 1. The van der Waals surface area contributed by atoms with Crippen LogP contribution >= 0.6 is 11.3 Å². The van der Waals surface area contributed by atoms with Crippen LogP contribution in [0.2, 0.25) is 0 Å². The van der Waals surface area contributed by atoms with E-state index >= 15 is 0 Å².